The summed E-state index contributed by atoms with van der Waals surface area (Å²) in [6.07, 6.45) is 3.21. The van der Waals surface area contributed by atoms with Crippen molar-refractivity contribution in [3.8, 4) is 11.8 Å². The van der Waals surface area contributed by atoms with Crippen molar-refractivity contribution in [2.45, 2.75) is 40.0 Å². The molecule has 0 aromatic heterocycles. The summed E-state index contributed by atoms with van der Waals surface area (Å²) in [5, 5.41) is 0. The van der Waals surface area contributed by atoms with Gasteiger partial charge in [-0.15, -0.1) is 11.8 Å². The van der Waals surface area contributed by atoms with Crippen molar-refractivity contribution in [2.75, 3.05) is 0 Å². The van der Waals surface area contributed by atoms with Crippen LogP contribution in [0.5, 0.6) is 0 Å². The van der Waals surface area contributed by atoms with Crippen LogP contribution in [-0.2, 0) is 0 Å². The summed E-state index contributed by atoms with van der Waals surface area (Å²) < 4.78 is 0. The van der Waals surface area contributed by atoms with Gasteiger partial charge in [-0.25, -0.2) is 0 Å². The molecular formula is C11H19. The van der Waals surface area contributed by atoms with Gasteiger partial charge in [-0.05, 0) is 18.3 Å². The zero-order valence-electron chi connectivity index (χ0n) is 7.98. The van der Waals surface area contributed by atoms with Crippen LogP contribution in [-0.4, -0.2) is 0 Å². The molecule has 0 aliphatic heterocycles. The predicted octanol–water partition coefficient (Wildman–Crippen LogP) is 3.29. The van der Waals surface area contributed by atoms with Crippen molar-refractivity contribution in [3.63, 3.8) is 0 Å². The predicted molar refractivity (Wildman–Crippen MR) is 51.0 cm³/mol. The van der Waals surface area contributed by atoms with Crippen molar-refractivity contribution < 1.29 is 0 Å². The minimum Gasteiger partial charge on any atom is -0.104 e. The summed E-state index contributed by atoms with van der Waals surface area (Å²) in [6, 6.07) is 0. The monoisotopic (exact) mass is 151 g/mol. The molecule has 11 heavy (non-hydrogen) atoms. The van der Waals surface area contributed by atoms with Crippen molar-refractivity contribution in [3.05, 3.63) is 6.92 Å². The Hall–Kier alpha value is -0.440. The lowest BCUT2D eigenvalue weighted by atomic mass is 9.93. The third kappa shape index (κ3) is 5.98. The molecule has 0 saturated heterocycles. The Morgan fingerprint density at radius 1 is 1.27 bits per heavy atom. The first-order chi connectivity index (χ1) is 5.18. The lowest BCUT2D eigenvalue weighted by molar-refractivity contribution is 0.431. The van der Waals surface area contributed by atoms with Crippen molar-refractivity contribution in [2.24, 2.45) is 11.8 Å². The number of rotatable bonds is 3. The first kappa shape index (κ1) is 10.6. The maximum Gasteiger partial charge on any atom is 0.00913 e. The third-order valence-corrected chi connectivity index (χ3v) is 2.00. The molecule has 0 rings (SSSR count). The quantitative estimate of drug-likeness (QED) is 0.543. The Morgan fingerprint density at radius 2 is 1.91 bits per heavy atom. The molecule has 0 aliphatic carbocycles. The van der Waals surface area contributed by atoms with Gasteiger partial charge < -0.3 is 0 Å². The SMILES string of the molecule is [CH2]C(C)C(C)CCC#CCC. The summed E-state index contributed by atoms with van der Waals surface area (Å²) in [5.41, 5.74) is 0. The first-order valence-electron chi connectivity index (χ1n) is 4.47. The lowest BCUT2D eigenvalue weighted by Crippen LogP contribution is -2.02. The normalized spacial score (nSPS) is 12.5. The van der Waals surface area contributed by atoms with Crippen LogP contribution < -0.4 is 0 Å². The Balaban J connectivity index is 3.38. The fourth-order valence-corrected chi connectivity index (χ4v) is 0.798. The minimum absolute atomic E-state index is 0.554. The molecule has 0 N–H and O–H groups in total. The van der Waals surface area contributed by atoms with Gasteiger partial charge in [0.05, 0.1) is 0 Å². The van der Waals surface area contributed by atoms with Crippen LogP contribution in [0.1, 0.15) is 40.0 Å². The van der Waals surface area contributed by atoms with Gasteiger partial charge in [0.15, 0.2) is 0 Å². The summed E-state index contributed by atoms with van der Waals surface area (Å²) in [5.74, 6) is 7.48. The molecule has 0 amide bonds. The van der Waals surface area contributed by atoms with E-state index in [-0.39, 0.29) is 0 Å². The standard InChI is InChI=1S/C11H19/c1-5-6-7-8-9-11(4)10(2)3/h10-11H,2,5,8-9H2,1,3-4H3. The smallest absolute Gasteiger partial charge is 0.00913 e. The van der Waals surface area contributed by atoms with Gasteiger partial charge in [0.2, 0.25) is 0 Å². The maximum atomic E-state index is 3.99. The van der Waals surface area contributed by atoms with Crippen LogP contribution in [0, 0.1) is 30.6 Å². The van der Waals surface area contributed by atoms with Crippen LogP contribution in [0.3, 0.4) is 0 Å². The van der Waals surface area contributed by atoms with Crippen molar-refractivity contribution in [1.29, 1.82) is 0 Å². The second-order valence-electron chi connectivity index (χ2n) is 3.20. The average Bonchev–Trinajstić information content (AvgIpc) is 1.97. The molecule has 0 fully saturated rings. The van der Waals surface area contributed by atoms with E-state index in [9.17, 15) is 0 Å². The van der Waals surface area contributed by atoms with Crippen LogP contribution >= 0.6 is 0 Å². The van der Waals surface area contributed by atoms with E-state index in [1.165, 1.54) is 6.42 Å². The molecule has 0 nitrogen and oxygen atoms in total. The van der Waals surface area contributed by atoms with E-state index < -0.39 is 0 Å². The van der Waals surface area contributed by atoms with E-state index in [1.807, 2.05) is 0 Å². The Morgan fingerprint density at radius 3 is 2.36 bits per heavy atom. The van der Waals surface area contributed by atoms with Crippen LogP contribution in [0.2, 0.25) is 0 Å². The molecule has 2 atom stereocenters. The number of hydrogen-bond donors (Lipinski definition) is 0. The lowest BCUT2D eigenvalue weighted by Gasteiger charge is -2.12. The topological polar surface area (TPSA) is 0 Å². The average molecular weight is 151 g/mol. The largest absolute Gasteiger partial charge is 0.104 e. The highest BCUT2D eigenvalue weighted by atomic mass is 14.1. The van der Waals surface area contributed by atoms with Crippen LogP contribution in [0.4, 0.5) is 0 Å². The molecular weight excluding hydrogens is 132 g/mol. The third-order valence-electron chi connectivity index (χ3n) is 2.00. The Kier molecular flexibility index (Phi) is 6.03. The summed E-state index contributed by atoms with van der Waals surface area (Å²) in [6.45, 7) is 10.5. The maximum absolute atomic E-state index is 3.99. The second kappa shape index (κ2) is 6.28. The molecule has 0 heteroatoms. The molecule has 0 bridgehead atoms. The summed E-state index contributed by atoms with van der Waals surface area (Å²) in [4.78, 5) is 0. The van der Waals surface area contributed by atoms with E-state index in [0.29, 0.717) is 11.8 Å². The highest BCUT2D eigenvalue weighted by Crippen LogP contribution is 2.14. The van der Waals surface area contributed by atoms with Gasteiger partial charge in [-0.1, -0.05) is 27.7 Å². The molecule has 0 aromatic rings. The van der Waals surface area contributed by atoms with Gasteiger partial charge in [0, 0.05) is 12.8 Å². The van der Waals surface area contributed by atoms with Crippen molar-refractivity contribution in [1.82, 2.24) is 0 Å². The molecule has 0 heterocycles. The summed E-state index contributed by atoms with van der Waals surface area (Å²) >= 11 is 0. The second-order valence-corrected chi connectivity index (χ2v) is 3.20. The first-order valence-corrected chi connectivity index (χ1v) is 4.47. The van der Waals surface area contributed by atoms with Crippen LogP contribution in [0.25, 0.3) is 0 Å². The fourth-order valence-electron chi connectivity index (χ4n) is 0.798. The van der Waals surface area contributed by atoms with Gasteiger partial charge in [0.25, 0.3) is 0 Å². The zero-order valence-corrected chi connectivity index (χ0v) is 7.98. The van der Waals surface area contributed by atoms with Gasteiger partial charge in [0.1, 0.15) is 0 Å². The van der Waals surface area contributed by atoms with E-state index in [2.05, 4.69) is 39.5 Å². The van der Waals surface area contributed by atoms with Crippen molar-refractivity contribution >= 4 is 0 Å². The minimum atomic E-state index is 0.554. The molecule has 0 aromatic carbocycles. The van der Waals surface area contributed by atoms with E-state index in [0.717, 1.165) is 12.8 Å². The number of hydrogen-bond acceptors (Lipinski definition) is 0. The summed E-state index contributed by atoms with van der Waals surface area (Å²) in [7, 11) is 0. The molecule has 63 valence electrons. The Labute approximate surface area is 71.4 Å². The Bertz CT molecular complexity index is 134. The molecule has 2 unspecified atom stereocenters. The highest BCUT2D eigenvalue weighted by Gasteiger charge is 2.04. The van der Waals surface area contributed by atoms with Gasteiger partial charge in [-0.2, -0.15) is 0 Å². The molecule has 0 aliphatic rings. The zero-order chi connectivity index (χ0) is 8.69. The van der Waals surface area contributed by atoms with Crippen LogP contribution in [0.15, 0.2) is 0 Å². The highest BCUT2D eigenvalue weighted by molar-refractivity contribution is 4.97. The molecule has 1 radical (unpaired) electrons. The fraction of sp³-hybridized carbons (Fsp3) is 0.727. The van der Waals surface area contributed by atoms with Gasteiger partial charge >= 0.3 is 0 Å². The molecule has 0 saturated carbocycles. The van der Waals surface area contributed by atoms with E-state index in [1.54, 1.807) is 0 Å². The van der Waals surface area contributed by atoms with E-state index >= 15 is 0 Å². The van der Waals surface area contributed by atoms with E-state index in [4.69, 9.17) is 0 Å². The van der Waals surface area contributed by atoms with Gasteiger partial charge in [-0.3, -0.25) is 0 Å². The molecule has 0 spiro atoms.